The Labute approximate surface area is 108 Å². The van der Waals surface area contributed by atoms with Crippen LogP contribution in [-0.2, 0) is 10.8 Å². The third-order valence-corrected chi connectivity index (χ3v) is 2.90. The van der Waals surface area contributed by atoms with Gasteiger partial charge in [0.2, 0.25) is 0 Å². The topological polar surface area (TPSA) is 58.2 Å². The molecule has 0 aliphatic carbocycles. The predicted molar refractivity (Wildman–Crippen MR) is 61.8 cm³/mol. The minimum atomic E-state index is -4.52. The van der Waals surface area contributed by atoms with Crippen molar-refractivity contribution < 1.29 is 26.6 Å². The highest BCUT2D eigenvalue weighted by Gasteiger charge is 2.27. The number of anilines is 1. The van der Waals surface area contributed by atoms with Crippen LogP contribution in [0.1, 0.15) is 0 Å². The van der Waals surface area contributed by atoms with E-state index in [9.17, 15) is 26.6 Å². The van der Waals surface area contributed by atoms with Crippen molar-refractivity contribution in [1.82, 2.24) is 5.32 Å². The standard InChI is InChI=1S/C10H10F4N2O2S/c1-19(18)8-3-2-6(4-7(8)11)16-9(17)15-5-10(12,13)14/h2-4H,5H2,1H3,(H2,15,16,17). The molecule has 2 amide bonds. The van der Waals surface area contributed by atoms with Crippen molar-refractivity contribution in [2.24, 2.45) is 0 Å². The van der Waals surface area contributed by atoms with Gasteiger partial charge in [-0.1, -0.05) is 0 Å². The van der Waals surface area contributed by atoms with Crippen molar-refractivity contribution in [2.75, 3.05) is 18.1 Å². The highest BCUT2D eigenvalue weighted by atomic mass is 32.2. The maximum absolute atomic E-state index is 13.4. The monoisotopic (exact) mass is 298 g/mol. The lowest BCUT2D eigenvalue weighted by molar-refractivity contribution is -0.122. The van der Waals surface area contributed by atoms with E-state index in [0.717, 1.165) is 6.07 Å². The zero-order chi connectivity index (χ0) is 14.6. The van der Waals surface area contributed by atoms with Crippen molar-refractivity contribution in [2.45, 2.75) is 11.1 Å². The second kappa shape index (κ2) is 6.00. The fraction of sp³-hybridized carbons (Fsp3) is 0.300. The number of urea groups is 1. The number of alkyl halides is 3. The van der Waals surface area contributed by atoms with Crippen LogP contribution in [0, 0.1) is 5.82 Å². The van der Waals surface area contributed by atoms with Gasteiger partial charge in [-0.15, -0.1) is 0 Å². The molecule has 0 aromatic heterocycles. The van der Waals surface area contributed by atoms with Gasteiger partial charge in [-0.2, -0.15) is 13.2 Å². The van der Waals surface area contributed by atoms with Crippen LogP contribution in [0.5, 0.6) is 0 Å². The second-order valence-electron chi connectivity index (χ2n) is 3.52. The first-order valence-corrected chi connectivity index (χ1v) is 6.49. The summed E-state index contributed by atoms with van der Waals surface area (Å²) in [5.41, 5.74) is -0.0358. The summed E-state index contributed by atoms with van der Waals surface area (Å²) in [4.78, 5) is 11.0. The van der Waals surface area contributed by atoms with Crippen LogP contribution < -0.4 is 10.6 Å². The summed E-state index contributed by atoms with van der Waals surface area (Å²) in [6.07, 6.45) is -3.24. The molecule has 19 heavy (non-hydrogen) atoms. The third-order valence-electron chi connectivity index (χ3n) is 1.95. The smallest absolute Gasteiger partial charge is 0.329 e. The summed E-state index contributed by atoms with van der Waals surface area (Å²) >= 11 is 0. The molecule has 0 fully saturated rings. The van der Waals surface area contributed by atoms with Gasteiger partial charge in [-0.25, -0.2) is 9.18 Å². The third kappa shape index (κ3) is 5.25. The Morgan fingerprint density at radius 3 is 2.47 bits per heavy atom. The predicted octanol–water partition coefficient (Wildman–Crippen LogP) is 2.25. The molecule has 0 heterocycles. The number of rotatable bonds is 3. The largest absolute Gasteiger partial charge is 0.405 e. The fourth-order valence-corrected chi connectivity index (χ4v) is 1.76. The number of carbonyl (C=O) groups is 1. The van der Waals surface area contributed by atoms with Crippen LogP contribution in [-0.4, -0.2) is 29.2 Å². The van der Waals surface area contributed by atoms with Crippen molar-refractivity contribution in [3.8, 4) is 0 Å². The zero-order valence-electron chi connectivity index (χ0n) is 9.68. The van der Waals surface area contributed by atoms with Crippen LogP contribution in [0.3, 0.4) is 0 Å². The van der Waals surface area contributed by atoms with E-state index in [2.05, 4.69) is 0 Å². The lowest BCUT2D eigenvalue weighted by Gasteiger charge is -2.10. The molecule has 1 unspecified atom stereocenters. The quantitative estimate of drug-likeness (QED) is 0.841. The molecule has 1 rings (SSSR count). The van der Waals surface area contributed by atoms with Gasteiger partial charge in [0.15, 0.2) is 0 Å². The minimum Gasteiger partial charge on any atom is -0.329 e. The molecule has 4 nitrogen and oxygen atoms in total. The van der Waals surface area contributed by atoms with E-state index in [1.807, 2.05) is 5.32 Å². The maximum Gasteiger partial charge on any atom is 0.405 e. The number of carbonyl (C=O) groups excluding carboxylic acids is 1. The average molecular weight is 298 g/mol. The highest BCUT2D eigenvalue weighted by Crippen LogP contribution is 2.17. The first-order chi connectivity index (χ1) is 8.69. The van der Waals surface area contributed by atoms with Gasteiger partial charge >= 0.3 is 12.2 Å². The molecule has 106 valence electrons. The van der Waals surface area contributed by atoms with Gasteiger partial charge in [0.05, 0.1) is 15.7 Å². The Morgan fingerprint density at radius 1 is 1.37 bits per heavy atom. The summed E-state index contributed by atoms with van der Waals surface area (Å²) in [5, 5.41) is 3.60. The van der Waals surface area contributed by atoms with E-state index in [0.29, 0.717) is 0 Å². The first-order valence-electron chi connectivity index (χ1n) is 4.93. The van der Waals surface area contributed by atoms with E-state index >= 15 is 0 Å². The molecular weight excluding hydrogens is 288 g/mol. The Kier molecular flexibility index (Phi) is 4.87. The highest BCUT2D eigenvalue weighted by molar-refractivity contribution is 7.84. The molecule has 2 N–H and O–H groups in total. The molecule has 0 saturated heterocycles. The molecular formula is C10H10F4N2O2S. The first kappa shape index (κ1) is 15.4. The molecule has 1 aromatic carbocycles. The lowest BCUT2D eigenvalue weighted by atomic mass is 10.3. The average Bonchev–Trinajstić information content (AvgIpc) is 2.25. The fourth-order valence-electron chi connectivity index (χ4n) is 1.17. The number of nitrogens with one attached hydrogen (secondary N) is 2. The molecule has 0 spiro atoms. The van der Waals surface area contributed by atoms with Crippen molar-refractivity contribution in [3.05, 3.63) is 24.0 Å². The normalized spacial score (nSPS) is 12.9. The number of amides is 2. The molecule has 9 heteroatoms. The van der Waals surface area contributed by atoms with Gasteiger partial charge in [0.25, 0.3) is 0 Å². The van der Waals surface area contributed by atoms with E-state index in [-0.39, 0.29) is 10.6 Å². The molecule has 0 aliphatic heterocycles. The molecule has 0 radical (unpaired) electrons. The Balaban J connectivity index is 2.65. The molecule has 1 atom stereocenters. The summed E-state index contributed by atoms with van der Waals surface area (Å²) in [7, 11) is -1.53. The number of hydrogen-bond acceptors (Lipinski definition) is 2. The molecule has 0 aliphatic rings. The number of hydrogen-bond donors (Lipinski definition) is 2. The summed E-state index contributed by atoms with van der Waals surface area (Å²) < 4.78 is 59.9. The van der Waals surface area contributed by atoms with Crippen molar-refractivity contribution in [1.29, 1.82) is 0 Å². The van der Waals surface area contributed by atoms with Crippen molar-refractivity contribution in [3.63, 3.8) is 0 Å². The van der Waals surface area contributed by atoms with Crippen LogP contribution >= 0.6 is 0 Å². The lowest BCUT2D eigenvalue weighted by Crippen LogP contribution is -2.36. The van der Waals surface area contributed by atoms with E-state index in [4.69, 9.17) is 0 Å². The molecule has 1 aromatic rings. The van der Waals surface area contributed by atoms with Crippen LogP contribution in [0.4, 0.5) is 28.0 Å². The van der Waals surface area contributed by atoms with Gasteiger partial charge in [0, 0.05) is 11.9 Å². The van der Waals surface area contributed by atoms with Gasteiger partial charge in [0.1, 0.15) is 12.4 Å². The summed E-state index contributed by atoms with van der Waals surface area (Å²) in [5.74, 6) is -0.811. The molecule has 0 saturated carbocycles. The Bertz CT molecular complexity index is 505. The zero-order valence-corrected chi connectivity index (χ0v) is 10.5. The summed E-state index contributed by atoms with van der Waals surface area (Å²) in [6, 6.07) is 2.20. The minimum absolute atomic E-state index is 0.0358. The maximum atomic E-state index is 13.4. The summed E-state index contributed by atoms with van der Waals surface area (Å²) in [6.45, 7) is -1.49. The Hall–Kier alpha value is -1.64. The number of halogens is 4. The second-order valence-corrected chi connectivity index (χ2v) is 4.87. The van der Waals surface area contributed by atoms with Crippen LogP contribution in [0.2, 0.25) is 0 Å². The van der Waals surface area contributed by atoms with Crippen molar-refractivity contribution >= 4 is 22.5 Å². The van der Waals surface area contributed by atoms with Gasteiger partial charge in [-0.05, 0) is 18.2 Å². The van der Waals surface area contributed by atoms with Gasteiger partial charge < -0.3 is 10.6 Å². The number of benzene rings is 1. The van der Waals surface area contributed by atoms with Crippen LogP contribution in [0.25, 0.3) is 0 Å². The Morgan fingerprint density at radius 2 is 2.00 bits per heavy atom. The van der Waals surface area contributed by atoms with E-state index in [1.54, 1.807) is 5.32 Å². The molecule has 0 bridgehead atoms. The van der Waals surface area contributed by atoms with Crippen LogP contribution in [0.15, 0.2) is 23.1 Å². The SMILES string of the molecule is CS(=O)c1ccc(NC(=O)NCC(F)(F)F)cc1F. The van der Waals surface area contributed by atoms with E-state index < -0.39 is 35.4 Å². The van der Waals surface area contributed by atoms with E-state index in [1.165, 1.54) is 18.4 Å². The van der Waals surface area contributed by atoms with Gasteiger partial charge in [-0.3, -0.25) is 4.21 Å².